The molecule has 1 atom stereocenters. The highest BCUT2D eigenvalue weighted by Gasteiger charge is 2.13. The maximum absolute atomic E-state index is 5.39. The van der Waals surface area contributed by atoms with Gasteiger partial charge in [0.2, 0.25) is 5.75 Å². The zero-order chi connectivity index (χ0) is 16.8. The first-order valence-corrected chi connectivity index (χ1v) is 8.16. The second-order valence-electron chi connectivity index (χ2n) is 5.19. The summed E-state index contributed by atoms with van der Waals surface area (Å²) >= 11 is 3.46. The van der Waals surface area contributed by atoms with Crippen molar-refractivity contribution in [3.8, 4) is 17.2 Å². The highest BCUT2D eigenvalue weighted by atomic mass is 79.9. The van der Waals surface area contributed by atoms with Crippen LogP contribution in [0.15, 0.2) is 40.9 Å². The van der Waals surface area contributed by atoms with Crippen LogP contribution < -0.4 is 19.5 Å². The Labute approximate surface area is 145 Å². The molecule has 1 unspecified atom stereocenters. The Morgan fingerprint density at radius 2 is 1.52 bits per heavy atom. The number of benzene rings is 2. The minimum atomic E-state index is 0.238. The molecule has 5 heteroatoms. The predicted octanol–water partition coefficient (Wildman–Crippen LogP) is 4.33. The molecule has 1 N–H and O–H groups in total. The maximum Gasteiger partial charge on any atom is 0.203 e. The quantitative estimate of drug-likeness (QED) is 0.777. The summed E-state index contributed by atoms with van der Waals surface area (Å²) < 4.78 is 17.2. The number of hydrogen-bond donors (Lipinski definition) is 1. The van der Waals surface area contributed by atoms with E-state index < -0.39 is 0 Å². The number of hydrogen-bond acceptors (Lipinski definition) is 4. The van der Waals surface area contributed by atoms with E-state index in [1.807, 2.05) is 24.3 Å². The minimum Gasteiger partial charge on any atom is -0.493 e. The van der Waals surface area contributed by atoms with Crippen molar-refractivity contribution in [1.29, 1.82) is 0 Å². The third-order valence-electron chi connectivity index (χ3n) is 3.71. The standard InChI is InChI=1S/C18H22BrNO3/c1-12(14-5-7-15(19)8-6-14)20-11-13-9-16(21-2)18(23-4)17(10-13)22-3/h5-10,12,20H,11H2,1-4H3. The molecule has 0 spiro atoms. The van der Waals surface area contributed by atoms with Crippen molar-refractivity contribution in [3.63, 3.8) is 0 Å². The summed E-state index contributed by atoms with van der Waals surface area (Å²) in [4.78, 5) is 0. The maximum atomic E-state index is 5.39. The van der Waals surface area contributed by atoms with Crippen molar-refractivity contribution in [3.05, 3.63) is 52.0 Å². The van der Waals surface area contributed by atoms with E-state index in [-0.39, 0.29) is 6.04 Å². The average molecular weight is 380 g/mol. The number of rotatable bonds is 7. The lowest BCUT2D eigenvalue weighted by Gasteiger charge is -2.17. The van der Waals surface area contributed by atoms with Gasteiger partial charge in [0.15, 0.2) is 11.5 Å². The van der Waals surface area contributed by atoms with Gasteiger partial charge in [-0.15, -0.1) is 0 Å². The van der Waals surface area contributed by atoms with Crippen LogP contribution in [0.3, 0.4) is 0 Å². The van der Waals surface area contributed by atoms with Crippen molar-refractivity contribution in [2.75, 3.05) is 21.3 Å². The molecule has 0 saturated carbocycles. The Morgan fingerprint density at radius 1 is 0.957 bits per heavy atom. The summed E-state index contributed by atoms with van der Waals surface area (Å²) in [5.41, 5.74) is 2.31. The minimum absolute atomic E-state index is 0.238. The largest absolute Gasteiger partial charge is 0.493 e. The summed E-state index contributed by atoms with van der Waals surface area (Å²) in [7, 11) is 4.85. The van der Waals surface area contributed by atoms with E-state index in [9.17, 15) is 0 Å². The molecule has 23 heavy (non-hydrogen) atoms. The monoisotopic (exact) mass is 379 g/mol. The Kier molecular flexibility index (Phi) is 6.30. The highest BCUT2D eigenvalue weighted by molar-refractivity contribution is 9.10. The van der Waals surface area contributed by atoms with Gasteiger partial charge in [-0.2, -0.15) is 0 Å². The van der Waals surface area contributed by atoms with Gasteiger partial charge in [-0.3, -0.25) is 0 Å². The molecule has 2 rings (SSSR count). The van der Waals surface area contributed by atoms with E-state index in [1.165, 1.54) is 5.56 Å². The van der Waals surface area contributed by atoms with Crippen LogP contribution in [0.2, 0.25) is 0 Å². The fraction of sp³-hybridized carbons (Fsp3) is 0.333. The molecule has 124 valence electrons. The van der Waals surface area contributed by atoms with Crippen molar-refractivity contribution in [2.24, 2.45) is 0 Å². The lowest BCUT2D eigenvalue weighted by Crippen LogP contribution is -2.18. The van der Waals surface area contributed by atoms with Crippen LogP contribution in [0.25, 0.3) is 0 Å². The van der Waals surface area contributed by atoms with Gasteiger partial charge in [-0.25, -0.2) is 0 Å². The summed E-state index contributed by atoms with van der Waals surface area (Å²) in [5.74, 6) is 1.94. The zero-order valence-electron chi connectivity index (χ0n) is 13.9. The van der Waals surface area contributed by atoms with Gasteiger partial charge < -0.3 is 19.5 Å². The normalized spacial score (nSPS) is 11.9. The number of nitrogens with one attached hydrogen (secondary N) is 1. The first-order valence-electron chi connectivity index (χ1n) is 7.36. The van der Waals surface area contributed by atoms with E-state index in [1.54, 1.807) is 21.3 Å². The Bertz CT molecular complexity index is 618. The summed E-state index contributed by atoms with van der Waals surface area (Å²) in [6, 6.07) is 12.5. The van der Waals surface area contributed by atoms with Crippen molar-refractivity contribution < 1.29 is 14.2 Å². The number of methoxy groups -OCH3 is 3. The summed E-state index contributed by atoms with van der Waals surface area (Å²) in [6.07, 6.45) is 0. The number of halogens is 1. The molecule has 0 fully saturated rings. The van der Waals surface area contributed by atoms with Gasteiger partial charge in [0.05, 0.1) is 21.3 Å². The molecule has 2 aromatic rings. The molecule has 0 amide bonds. The van der Waals surface area contributed by atoms with Gasteiger partial charge in [0.25, 0.3) is 0 Å². The molecular weight excluding hydrogens is 358 g/mol. The van der Waals surface area contributed by atoms with Crippen molar-refractivity contribution >= 4 is 15.9 Å². The van der Waals surface area contributed by atoms with Crippen LogP contribution in [0, 0.1) is 0 Å². The lowest BCUT2D eigenvalue weighted by atomic mass is 10.1. The zero-order valence-corrected chi connectivity index (χ0v) is 15.4. The second-order valence-corrected chi connectivity index (χ2v) is 6.10. The van der Waals surface area contributed by atoms with Gasteiger partial charge in [-0.05, 0) is 42.3 Å². The van der Waals surface area contributed by atoms with E-state index in [0.29, 0.717) is 23.8 Å². The molecule has 0 heterocycles. The SMILES string of the molecule is COc1cc(CNC(C)c2ccc(Br)cc2)cc(OC)c1OC. The van der Waals surface area contributed by atoms with Crippen LogP contribution in [0.5, 0.6) is 17.2 Å². The first kappa shape index (κ1) is 17.6. The Morgan fingerprint density at radius 3 is 2.00 bits per heavy atom. The molecule has 0 saturated heterocycles. The predicted molar refractivity (Wildman–Crippen MR) is 95.5 cm³/mol. The van der Waals surface area contributed by atoms with Gasteiger partial charge in [0, 0.05) is 17.1 Å². The molecule has 0 aliphatic rings. The molecular formula is C18H22BrNO3. The van der Waals surface area contributed by atoms with E-state index in [0.717, 1.165) is 10.0 Å². The van der Waals surface area contributed by atoms with E-state index >= 15 is 0 Å². The fourth-order valence-corrected chi connectivity index (χ4v) is 2.64. The van der Waals surface area contributed by atoms with Crippen LogP contribution in [0.1, 0.15) is 24.1 Å². The number of ether oxygens (including phenoxy) is 3. The van der Waals surface area contributed by atoms with Gasteiger partial charge in [-0.1, -0.05) is 28.1 Å². The Hall–Kier alpha value is -1.72. The van der Waals surface area contributed by atoms with Crippen LogP contribution in [0.4, 0.5) is 0 Å². The second kappa shape index (κ2) is 8.22. The van der Waals surface area contributed by atoms with Crippen LogP contribution in [-0.4, -0.2) is 21.3 Å². The lowest BCUT2D eigenvalue weighted by molar-refractivity contribution is 0.323. The molecule has 2 aromatic carbocycles. The van der Waals surface area contributed by atoms with Crippen molar-refractivity contribution in [1.82, 2.24) is 5.32 Å². The van der Waals surface area contributed by atoms with Gasteiger partial charge in [0.1, 0.15) is 0 Å². The van der Waals surface area contributed by atoms with E-state index in [2.05, 4.69) is 40.3 Å². The summed E-state index contributed by atoms with van der Waals surface area (Å²) in [5, 5.41) is 3.51. The molecule has 0 aliphatic heterocycles. The molecule has 0 radical (unpaired) electrons. The van der Waals surface area contributed by atoms with Crippen LogP contribution in [-0.2, 0) is 6.54 Å². The molecule has 0 bridgehead atoms. The third kappa shape index (κ3) is 4.39. The molecule has 0 aliphatic carbocycles. The van der Waals surface area contributed by atoms with Gasteiger partial charge >= 0.3 is 0 Å². The Balaban J connectivity index is 2.12. The highest BCUT2D eigenvalue weighted by Crippen LogP contribution is 2.38. The molecule has 4 nitrogen and oxygen atoms in total. The van der Waals surface area contributed by atoms with Crippen molar-refractivity contribution in [2.45, 2.75) is 19.5 Å². The first-order chi connectivity index (χ1) is 11.1. The fourth-order valence-electron chi connectivity index (χ4n) is 2.38. The smallest absolute Gasteiger partial charge is 0.203 e. The van der Waals surface area contributed by atoms with Crippen LogP contribution >= 0.6 is 15.9 Å². The van der Waals surface area contributed by atoms with E-state index in [4.69, 9.17) is 14.2 Å². The average Bonchev–Trinajstić information content (AvgIpc) is 2.59. The summed E-state index contributed by atoms with van der Waals surface area (Å²) in [6.45, 7) is 2.84. The topological polar surface area (TPSA) is 39.7 Å². The molecule has 0 aromatic heterocycles. The third-order valence-corrected chi connectivity index (χ3v) is 4.24.